The number of rotatable bonds is 6. The summed E-state index contributed by atoms with van der Waals surface area (Å²) >= 11 is 0. The fourth-order valence-electron chi connectivity index (χ4n) is 7.59. The number of nitro benzene ring substituents is 2. The van der Waals surface area contributed by atoms with E-state index in [4.69, 9.17) is 9.47 Å². The maximum atomic E-state index is 14.5. The van der Waals surface area contributed by atoms with Crippen LogP contribution in [0.25, 0.3) is 11.1 Å². The molecule has 0 N–H and O–H groups in total. The number of hydrogen-bond donors (Lipinski definition) is 0. The lowest BCUT2D eigenvalue weighted by Crippen LogP contribution is -2.50. The van der Waals surface area contributed by atoms with Crippen LogP contribution < -0.4 is 5.11 Å². The normalized spacial score (nSPS) is 19.7. The predicted octanol–water partition coefficient (Wildman–Crippen LogP) is 4.02. The van der Waals surface area contributed by atoms with Crippen LogP contribution in [-0.4, -0.2) is 52.4 Å². The van der Waals surface area contributed by atoms with E-state index in [0.29, 0.717) is 28.8 Å². The Bertz CT molecular complexity index is 1970. The van der Waals surface area contributed by atoms with E-state index in [1.165, 1.54) is 26.4 Å². The largest absolute Gasteiger partial charge is 0.616 e. The summed E-state index contributed by atoms with van der Waals surface area (Å²) in [7, 11) is 2.49. The van der Waals surface area contributed by atoms with Crippen molar-refractivity contribution in [2.24, 2.45) is 0 Å². The standard InChI is InChI=1S/C34H25N3O8/c1-44-31(38)30-33(27-13-7-5-11-25(27)26-12-6-8-14-28(26)33)34(30,32(39)45-2)35-16-15-20-9-3-4-10-24(20)29(35)21-17-22(36(40)41)19-23(18-21)37(42)43/h3-14,17-19H,15-16H2,1-2H3/b31-30-. The van der Waals surface area contributed by atoms with Crippen LogP contribution in [0.3, 0.4) is 0 Å². The Labute approximate surface area is 256 Å². The lowest BCUT2D eigenvalue weighted by atomic mass is 9.85. The molecular formula is C34H25N3O8. The Morgan fingerprint density at radius 3 is 1.84 bits per heavy atom. The van der Waals surface area contributed by atoms with Crippen molar-refractivity contribution in [1.29, 1.82) is 0 Å². The molecule has 1 saturated carbocycles. The number of esters is 1. The summed E-state index contributed by atoms with van der Waals surface area (Å²) in [5, 5.41) is 37.9. The molecule has 1 atom stereocenters. The number of nitro groups is 2. The van der Waals surface area contributed by atoms with Gasteiger partial charge in [0.1, 0.15) is 12.0 Å². The molecule has 7 rings (SSSR count). The van der Waals surface area contributed by atoms with Gasteiger partial charge in [0.25, 0.3) is 11.4 Å². The average molecular weight is 604 g/mol. The van der Waals surface area contributed by atoms with Crippen LogP contribution in [0, 0.1) is 20.2 Å². The van der Waals surface area contributed by atoms with Crippen molar-refractivity contribution in [2.75, 3.05) is 20.8 Å². The average Bonchev–Trinajstić information content (AvgIpc) is 3.61. The topological polar surface area (TPSA) is 148 Å². The quantitative estimate of drug-likeness (QED) is 0.106. The van der Waals surface area contributed by atoms with E-state index in [2.05, 4.69) is 0 Å². The van der Waals surface area contributed by atoms with Crippen molar-refractivity contribution in [2.45, 2.75) is 17.4 Å². The van der Waals surface area contributed by atoms with Crippen LogP contribution >= 0.6 is 0 Å². The molecule has 45 heavy (non-hydrogen) atoms. The smallest absolute Gasteiger partial charge is 0.384 e. The maximum absolute atomic E-state index is 14.5. The van der Waals surface area contributed by atoms with Crippen LogP contribution in [0.15, 0.2) is 103 Å². The van der Waals surface area contributed by atoms with Crippen LogP contribution in [0.4, 0.5) is 11.4 Å². The summed E-state index contributed by atoms with van der Waals surface area (Å²) in [6.45, 7) is 0.185. The van der Waals surface area contributed by atoms with Crippen molar-refractivity contribution in [1.82, 2.24) is 0 Å². The van der Waals surface area contributed by atoms with Gasteiger partial charge in [-0.2, -0.15) is 0 Å². The maximum Gasteiger partial charge on any atom is 0.384 e. The Kier molecular flexibility index (Phi) is 6.12. The fraction of sp³-hybridized carbons (Fsp3) is 0.176. The Hall–Kier alpha value is -5.84. The first kappa shape index (κ1) is 28.0. The van der Waals surface area contributed by atoms with Gasteiger partial charge in [-0.1, -0.05) is 66.7 Å². The molecule has 0 amide bonds. The molecule has 4 aromatic rings. The molecular weight excluding hydrogens is 578 g/mol. The molecule has 2 aliphatic carbocycles. The van der Waals surface area contributed by atoms with Gasteiger partial charge in [0.05, 0.1) is 40.1 Å². The van der Waals surface area contributed by atoms with Gasteiger partial charge in [0.15, 0.2) is 0 Å². The summed E-state index contributed by atoms with van der Waals surface area (Å²) in [6.07, 6.45) is 0.448. The van der Waals surface area contributed by atoms with Gasteiger partial charge in [-0.05, 0) is 41.0 Å². The number of carbonyl (C=O) groups is 1. The molecule has 1 unspecified atom stereocenters. The fourth-order valence-corrected chi connectivity index (χ4v) is 7.59. The van der Waals surface area contributed by atoms with Gasteiger partial charge in [-0.15, -0.1) is 0 Å². The minimum atomic E-state index is -1.79. The van der Waals surface area contributed by atoms with E-state index >= 15 is 0 Å². The molecule has 1 spiro atoms. The van der Waals surface area contributed by atoms with Crippen molar-refractivity contribution in [3.05, 3.63) is 151 Å². The van der Waals surface area contributed by atoms with E-state index in [9.17, 15) is 30.1 Å². The third kappa shape index (κ3) is 3.51. The molecule has 3 aliphatic rings. The number of ether oxygens (including phenoxy) is 2. The van der Waals surface area contributed by atoms with Crippen molar-refractivity contribution in [3.8, 4) is 11.1 Å². The van der Waals surface area contributed by atoms with E-state index in [1.807, 2.05) is 60.7 Å². The molecule has 4 aromatic carbocycles. The first-order valence-corrected chi connectivity index (χ1v) is 14.1. The lowest BCUT2D eigenvalue weighted by molar-refractivity contribution is -0.569. The molecule has 11 heteroatoms. The molecule has 1 fully saturated rings. The Balaban J connectivity index is 1.68. The first-order valence-electron chi connectivity index (χ1n) is 14.1. The highest BCUT2D eigenvalue weighted by atomic mass is 16.6. The Morgan fingerprint density at radius 1 is 0.778 bits per heavy atom. The summed E-state index contributed by atoms with van der Waals surface area (Å²) in [5.74, 6) is -1.44. The second kappa shape index (κ2) is 9.84. The van der Waals surface area contributed by atoms with Crippen molar-refractivity contribution >= 4 is 23.1 Å². The number of fused-ring (bicyclic) bond motifs is 6. The highest BCUT2D eigenvalue weighted by Gasteiger charge is 2.90. The van der Waals surface area contributed by atoms with Crippen molar-refractivity contribution < 1.29 is 33.8 Å². The van der Waals surface area contributed by atoms with E-state index in [0.717, 1.165) is 22.8 Å². The zero-order valence-corrected chi connectivity index (χ0v) is 24.2. The molecule has 0 saturated heterocycles. The van der Waals surface area contributed by atoms with Crippen LogP contribution in [0.5, 0.6) is 0 Å². The highest BCUT2D eigenvalue weighted by Crippen LogP contribution is 2.74. The number of carbonyl (C=O) groups excluding carboxylic acids is 1. The number of benzene rings is 4. The number of non-ortho nitro benzene ring substituents is 2. The molecule has 0 bridgehead atoms. The molecule has 11 nitrogen and oxygen atoms in total. The van der Waals surface area contributed by atoms with Gasteiger partial charge >= 0.3 is 11.5 Å². The van der Waals surface area contributed by atoms with E-state index < -0.39 is 44.1 Å². The molecule has 1 aliphatic heterocycles. The minimum absolute atomic E-state index is 0.138. The van der Waals surface area contributed by atoms with E-state index in [-0.39, 0.29) is 17.7 Å². The summed E-state index contributed by atoms with van der Waals surface area (Å²) in [4.78, 5) is 37.1. The third-order valence-corrected chi connectivity index (χ3v) is 9.19. The SMILES string of the molecule is COC(=O)C1([N+]2=C(c3cc([N+](=O)[O-])cc([N+](=O)[O-])c3)c3ccccc3CC2)/C(=C(/[O-])OC)C12c1ccccc1-c1ccccc12. The van der Waals surface area contributed by atoms with Gasteiger partial charge in [-0.25, -0.2) is 9.37 Å². The second-order valence-corrected chi connectivity index (χ2v) is 11.1. The van der Waals surface area contributed by atoms with Crippen molar-refractivity contribution in [3.63, 3.8) is 0 Å². The number of methoxy groups -OCH3 is 2. The van der Waals surface area contributed by atoms with Crippen LogP contribution in [0.1, 0.15) is 27.8 Å². The summed E-state index contributed by atoms with van der Waals surface area (Å²) < 4.78 is 12.6. The number of hydrogen-bond acceptors (Lipinski definition) is 8. The Morgan fingerprint density at radius 2 is 1.31 bits per heavy atom. The predicted molar refractivity (Wildman–Crippen MR) is 160 cm³/mol. The monoisotopic (exact) mass is 603 g/mol. The molecule has 224 valence electrons. The van der Waals surface area contributed by atoms with Gasteiger partial charge in [-0.3, -0.25) is 20.2 Å². The summed E-state index contributed by atoms with van der Waals surface area (Å²) in [6, 6.07) is 25.8. The zero-order chi connectivity index (χ0) is 31.7. The minimum Gasteiger partial charge on any atom is -0.616 e. The molecule has 0 radical (unpaired) electrons. The number of nitrogens with zero attached hydrogens (tertiary/aromatic N) is 3. The van der Waals surface area contributed by atoms with E-state index in [1.54, 1.807) is 16.7 Å². The van der Waals surface area contributed by atoms with Gasteiger partial charge < -0.3 is 14.6 Å². The molecule has 1 heterocycles. The second-order valence-electron chi connectivity index (χ2n) is 11.1. The first-order chi connectivity index (χ1) is 21.7. The van der Waals surface area contributed by atoms with Gasteiger partial charge in [0, 0.05) is 24.1 Å². The van der Waals surface area contributed by atoms with Crippen LogP contribution in [-0.2, 0) is 26.1 Å². The molecule has 0 aromatic heterocycles. The zero-order valence-electron chi connectivity index (χ0n) is 24.2. The third-order valence-electron chi connectivity index (χ3n) is 9.19. The van der Waals surface area contributed by atoms with Crippen LogP contribution in [0.2, 0.25) is 0 Å². The summed E-state index contributed by atoms with van der Waals surface area (Å²) in [5.41, 5.74) is 1.10. The lowest BCUT2D eigenvalue weighted by Gasteiger charge is -2.26. The van der Waals surface area contributed by atoms with Gasteiger partial charge in [0.2, 0.25) is 5.71 Å². The highest BCUT2D eigenvalue weighted by molar-refractivity contribution is 6.13.